The first kappa shape index (κ1) is 15.4. The van der Waals surface area contributed by atoms with Crippen LogP contribution in [0.15, 0.2) is 29.3 Å². The van der Waals surface area contributed by atoms with Crippen molar-refractivity contribution in [3.63, 3.8) is 0 Å². The van der Waals surface area contributed by atoms with Gasteiger partial charge in [-0.1, -0.05) is 0 Å². The molecule has 11 heteroatoms. The molecule has 2 aromatic rings. The number of aromatic nitrogens is 3. The summed E-state index contributed by atoms with van der Waals surface area (Å²) in [6.45, 7) is 0. The maximum absolute atomic E-state index is 12.0. The number of rotatable bonds is 4. The van der Waals surface area contributed by atoms with Gasteiger partial charge < -0.3 is 10.5 Å². The molecule has 0 bridgehead atoms. The zero-order valence-electron chi connectivity index (χ0n) is 10.9. The molecule has 0 unspecified atom stereocenters. The molecule has 1 aromatic heterocycles. The van der Waals surface area contributed by atoms with Crippen LogP contribution in [0.3, 0.4) is 0 Å². The third kappa shape index (κ3) is 4.56. The van der Waals surface area contributed by atoms with Gasteiger partial charge in [-0.05, 0) is 29.8 Å². The molecule has 22 heavy (non-hydrogen) atoms. The first-order chi connectivity index (χ1) is 10.4. The Balaban J connectivity index is 2.12. The van der Waals surface area contributed by atoms with Crippen molar-refractivity contribution in [3.05, 3.63) is 29.8 Å². The molecule has 0 fully saturated rings. The zero-order chi connectivity index (χ0) is 16.2. The number of ether oxygens (including phenoxy) is 1. The zero-order valence-corrected chi connectivity index (χ0v) is 10.9. The molecule has 8 nitrogen and oxygen atoms in total. The molecule has 0 saturated carbocycles. The van der Waals surface area contributed by atoms with E-state index in [1.54, 1.807) is 0 Å². The average molecular weight is 313 g/mol. The Bertz CT molecular complexity index is 672. The Morgan fingerprint density at radius 3 is 2.41 bits per heavy atom. The van der Waals surface area contributed by atoms with Gasteiger partial charge in [0.25, 0.3) is 5.95 Å². The predicted molar refractivity (Wildman–Crippen MR) is 72.4 cm³/mol. The second kappa shape index (κ2) is 6.22. The lowest BCUT2D eigenvalue weighted by Crippen LogP contribution is -2.16. The van der Waals surface area contributed by atoms with Crippen LogP contribution >= 0.6 is 0 Å². The van der Waals surface area contributed by atoms with Crippen LogP contribution < -0.4 is 21.7 Å². The van der Waals surface area contributed by atoms with Crippen molar-refractivity contribution in [1.29, 1.82) is 0 Å². The molecule has 5 N–H and O–H groups in total. The van der Waals surface area contributed by atoms with Crippen molar-refractivity contribution in [2.45, 2.75) is 6.36 Å². The Morgan fingerprint density at radius 1 is 1.14 bits per heavy atom. The van der Waals surface area contributed by atoms with Crippen LogP contribution in [0.4, 0.5) is 31.0 Å². The lowest BCUT2D eigenvalue weighted by molar-refractivity contribution is -0.274. The van der Waals surface area contributed by atoms with Crippen molar-refractivity contribution >= 4 is 24.1 Å². The summed E-state index contributed by atoms with van der Waals surface area (Å²) in [6, 6.07) is 5.08. The topological polar surface area (TPSA) is 124 Å². The SMILES string of the molecule is NNc1nc(N)nc(N=Cc2ccc(OC(F)(F)F)cc2)n1. The highest BCUT2D eigenvalue weighted by Crippen LogP contribution is 2.22. The third-order valence-electron chi connectivity index (χ3n) is 2.21. The van der Waals surface area contributed by atoms with Crippen LogP contribution in [0, 0.1) is 0 Å². The summed E-state index contributed by atoms with van der Waals surface area (Å²) in [5, 5.41) is 0. The largest absolute Gasteiger partial charge is 0.573 e. The minimum absolute atomic E-state index is 0.00364. The lowest BCUT2D eigenvalue weighted by Gasteiger charge is -2.08. The average Bonchev–Trinajstić information content (AvgIpc) is 2.44. The minimum atomic E-state index is -4.73. The van der Waals surface area contributed by atoms with E-state index in [-0.39, 0.29) is 23.6 Å². The Morgan fingerprint density at radius 2 is 1.82 bits per heavy atom. The van der Waals surface area contributed by atoms with Gasteiger partial charge in [-0.3, -0.25) is 5.43 Å². The highest BCUT2D eigenvalue weighted by molar-refractivity contribution is 5.81. The van der Waals surface area contributed by atoms with Crippen LogP contribution in [0.5, 0.6) is 5.75 Å². The second-order valence-electron chi connectivity index (χ2n) is 3.84. The fourth-order valence-corrected chi connectivity index (χ4v) is 1.39. The van der Waals surface area contributed by atoms with E-state index in [4.69, 9.17) is 11.6 Å². The second-order valence-corrected chi connectivity index (χ2v) is 3.84. The first-order valence-corrected chi connectivity index (χ1v) is 5.74. The van der Waals surface area contributed by atoms with Crippen LogP contribution in [0.25, 0.3) is 0 Å². The molecule has 0 amide bonds. The molecular weight excluding hydrogens is 303 g/mol. The van der Waals surface area contributed by atoms with Gasteiger partial charge in [0.1, 0.15) is 5.75 Å². The van der Waals surface area contributed by atoms with Crippen molar-refractivity contribution in [2.24, 2.45) is 10.8 Å². The number of anilines is 2. The summed E-state index contributed by atoms with van der Waals surface area (Å²) < 4.78 is 39.8. The molecule has 1 heterocycles. The number of benzene rings is 1. The number of alkyl halides is 3. The van der Waals surface area contributed by atoms with Crippen LogP contribution in [-0.2, 0) is 0 Å². The molecule has 0 aliphatic carbocycles. The van der Waals surface area contributed by atoms with Gasteiger partial charge in [-0.2, -0.15) is 15.0 Å². The van der Waals surface area contributed by atoms with Crippen LogP contribution in [0.2, 0.25) is 0 Å². The maximum atomic E-state index is 12.0. The number of nitrogens with two attached hydrogens (primary N) is 2. The van der Waals surface area contributed by atoms with E-state index in [1.807, 2.05) is 0 Å². The number of nitrogens with zero attached hydrogens (tertiary/aromatic N) is 4. The van der Waals surface area contributed by atoms with Gasteiger partial charge in [-0.25, -0.2) is 10.8 Å². The van der Waals surface area contributed by atoms with Gasteiger partial charge in [0.05, 0.1) is 0 Å². The predicted octanol–water partition coefficient (Wildman–Crippen LogP) is 1.39. The first-order valence-electron chi connectivity index (χ1n) is 5.74. The lowest BCUT2D eigenvalue weighted by atomic mass is 10.2. The summed E-state index contributed by atoms with van der Waals surface area (Å²) >= 11 is 0. The van der Waals surface area contributed by atoms with Gasteiger partial charge in [0.2, 0.25) is 11.9 Å². The van der Waals surface area contributed by atoms with E-state index in [1.165, 1.54) is 18.3 Å². The summed E-state index contributed by atoms with van der Waals surface area (Å²) in [5.41, 5.74) is 8.13. The van der Waals surface area contributed by atoms with Crippen molar-refractivity contribution < 1.29 is 17.9 Å². The number of hydrazine groups is 1. The number of hydrogen-bond donors (Lipinski definition) is 3. The molecule has 2 rings (SSSR count). The monoisotopic (exact) mass is 313 g/mol. The van der Waals surface area contributed by atoms with Gasteiger partial charge in [0.15, 0.2) is 0 Å². The number of nitrogens with one attached hydrogen (secondary N) is 1. The Kier molecular flexibility index (Phi) is 4.36. The van der Waals surface area contributed by atoms with Crippen molar-refractivity contribution in [1.82, 2.24) is 15.0 Å². The molecule has 1 aromatic carbocycles. The molecule has 0 aliphatic rings. The van der Waals surface area contributed by atoms with Gasteiger partial charge >= 0.3 is 6.36 Å². The highest BCUT2D eigenvalue weighted by Gasteiger charge is 2.30. The molecule has 0 radical (unpaired) electrons. The minimum Gasteiger partial charge on any atom is -0.406 e. The normalized spacial score (nSPS) is 11.6. The summed E-state index contributed by atoms with van der Waals surface area (Å²) in [7, 11) is 0. The summed E-state index contributed by atoms with van der Waals surface area (Å²) in [5.74, 6) is 4.77. The van der Waals surface area contributed by atoms with Crippen LogP contribution in [0.1, 0.15) is 5.56 Å². The molecular formula is C11H10F3N7O. The number of halogens is 3. The number of nitrogen functional groups attached to an aromatic ring is 2. The molecule has 0 atom stereocenters. The standard InChI is InChI=1S/C11H10F3N7O/c12-11(13,14)22-7-3-1-6(2-4-7)5-17-9-18-8(15)19-10(20-9)21-16/h1-5H,16H2,(H3,15,18,19,20,21). The fraction of sp³-hybridized carbons (Fsp3) is 0.0909. The molecule has 0 saturated heterocycles. The number of aliphatic imine (C=N–C) groups is 1. The fourth-order valence-electron chi connectivity index (χ4n) is 1.39. The number of hydrogen-bond acceptors (Lipinski definition) is 8. The Hall–Kier alpha value is -2.95. The van der Waals surface area contributed by atoms with Gasteiger partial charge in [0, 0.05) is 6.21 Å². The molecule has 0 spiro atoms. The summed E-state index contributed by atoms with van der Waals surface area (Å²) in [6.07, 6.45) is -3.39. The van der Waals surface area contributed by atoms with E-state index in [9.17, 15) is 13.2 Å². The maximum Gasteiger partial charge on any atom is 0.573 e. The van der Waals surface area contributed by atoms with E-state index in [0.29, 0.717) is 5.56 Å². The highest BCUT2D eigenvalue weighted by atomic mass is 19.4. The molecule has 0 aliphatic heterocycles. The van der Waals surface area contributed by atoms with Crippen molar-refractivity contribution in [2.75, 3.05) is 11.2 Å². The quantitative estimate of drug-likeness (QED) is 0.442. The van der Waals surface area contributed by atoms with Gasteiger partial charge in [-0.15, -0.1) is 13.2 Å². The van der Waals surface area contributed by atoms with E-state index in [2.05, 4.69) is 30.1 Å². The third-order valence-corrected chi connectivity index (χ3v) is 2.21. The van der Waals surface area contributed by atoms with E-state index in [0.717, 1.165) is 12.1 Å². The van der Waals surface area contributed by atoms with Crippen molar-refractivity contribution in [3.8, 4) is 5.75 Å². The molecule has 116 valence electrons. The summed E-state index contributed by atoms with van der Waals surface area (Å²) in [4.78, 5) is 15.2. The Labute approximate surface area is 122 Å². The van der Waals surface area contributed by atoms with Crippen LogP contribution in [-0.4, -0.2) is 27.5 Å². The van der Waals surface area contributed by atoms with E-state index < -0.39 is 6.36 Å². The smallest absolute Gasteiger partial charge is 0.406 e. The van der Waals surface area contributed by atoms with E-state index >= 15 is 0 Å².